The van der Waals surface area contributed by atoms with Crippen molar-refractivity contribution in [2.24, 2.45) is 0 Å². The van der Waals surface area contributed by atoms with Gasteiger partial charge in [-0.25, -0.2) is 8.42 Å². The fourth-order valence-corrected chi connectivity index (χ4v) is 1.97. The van der Waals surface area contributed by atoms with Crippen molar-refractivity contribution in [1.29, 1.82) is 0 Å². The minimum absolute atomic E-state index is 0.164. The molecule has 8 heteroatoms. The summed E-state index contributed by atoms with van der Waals surface area (Å²) in [5.74, 6) is 1.45. The average Bonchev–Trinajstić information content (AvgIpc) is 2.86. The van der Waals surface area contributed by atoms with Gasteiger partial charge in [0, 0.05) is 11.8 Å². The number of ether oxygens (including phenoxy) is 1. The second-order valence-electron chi connectivity index (χ2n) is 3.72. The quantitative estimate of drug-likeness (QED) is 0.779. The van der Waals surface area contributed by atoms with Crippen LogP contribution in [-0.4, -0.2) is 37.1 Å². The van der Waals surface area contributed by atoms with E-state index in [1.54, 1.807) is 36.0 Å². The molecule has 0 saturated carbocycles. The Morgan fingerprint density at radius 2 is 1.95 bits per heavy atom. The Kier molecular flexibility index (Phi) is 4.11. The van der Waals surface area contributed by atoms with Crippen LogP contribution in [0.4, 0.5) is 0 Å². The molecule has 0 aliphatic heterocycles. The third kappa shape index (κ3) is 3.48. The van der Waals surface area contributed by atoms with Crippen molar-refractivity contribution >= 4 is 21.6 Å². The van der Waals surface area contributed by atoms with Crippen molar-refractivity contribution < 1.29 is 17.6 Å². The molecule has 0 fully saturated rings. The summed E-state index contributed by atoms with van der Waals surface area (Å²) in [6, 6.07) is 6.98. The molecule has 1 aromatic carbocycles. The monoisotopic (exact) mass is 300 g/mol. The molecule has 0 unspecified atom stereocenters. The van der Waals surface area contributed by atoms with Crippen LogP contribution in [-0.2, 0) is 9.84 Å². The highest BCUT2D eigenvalue weighted by atomic mass is 32.2. The fraction of sp³-hybridized carbons (Fsp3) is 0.273. The van der Waals surface area contributed by atoms with E-state index in [4.69, 9.17) is 9.15 Å². The van der Waals surface area contributed by atoms with Crippen LogP contribution in [0.25, 0.3) is 11.5 Å². The highest BCUT2D eigenvalue weighted by Crippen LogP contribution is 2.22. The van der Waals surface area contributed by atoms with Gasteiger partial charge in [-0.2, -0.15) is 0 Å². The Bertz CT molecular complexity index is 650. The Hall–Kier alpha value is -1.54. The highest BCUT2D eigenvalue weighted by Gasteiger charge is 2.17. The summed E-state index contributed by atoms with van der Waals surface area (Å²) < 4.78 is 33.0. The van der Waals surface area contributed by atoms with Crippen LogP contribution in [0.2, 0.25) is 0 Å². The van der Waals surface area contributed by atoms with Crippen molar-refractivity contribution in [3.8, 4) is 17.2 Å². The van der Waals surface area contributed by atoms with Crippen LogP contribution < -0.4 is 4.74 Å². The largest absolute Gasteiger partial charge is 0.483 e. The van der Waals surface area contributed by atoms with Gasteiger partial charge in [0.15, 0.2) is 0 Å². The van der Waals surface area contributed by atoms with E-state index >= 15 is 0 Å². The predicted octanol–water partition coefficient (Wildman–Crippen LogP) is 1.84. The van der Waals surface area contributed by atoms with E-state index in [9.17, 15) is 8.42 Å². The second kappa shape index (κ2) is 5.62. The van der Waals surface area contributed by atoms with Crippen molar-refractivity contribution in [3.63, 3.8) is 0 Å². The molecule has 19 heavy (non-hydrogen) atoms. The van der Waals surface area contributed by atoms with E-state index in [2.05, 4.69) is 10.2 Å². The molecule has 2 aromatic rings. The van der Waals surface area contributed by atoms with E-state index in [1.807, 2.05) is 6.26 Å². The molecule has 0 radical (unpaired) electrons. The van der Waals surface area contributed by atoms with Gasteiger partial charge < -0.3 is 9.15 Å². The number of sulfone groups is 1. The van der Waals surface area contributed by atoms with E-state index < -0.39 is 9.84 Å². The Balaban J connectivity index is 2.20. The molecule has 0 spiro atoms. The summed E-state index contributed by atoms with van der Waals surface area (Å²) in [6.07, 6.45) is 2.96. The number of hydrogen-bond acceptors (Lipinski definition) is 7. The Labute approximate surface area is 115 Å². The lowest BCUT2D eigenvalue weighted by molar-refractivity contribution is 0.393. The summed E-state index contributed by atoms with van der Waals surface area (Å²) >= 11 is 1.57. The zero-order chi connectivity index (χ0) is 13.9. The van der Waals surface area contributed by atoms with Crippen molar-refractivity contribution in [1.82, 2.24) is 10.2 Å². The summed E-state index contributed by atoms with van der Waals surface area (Å²) in [5, 5.41) is 6.82. The number of aromatic nitrogens is 2. The third-order valence-corrected chi connectivity index (χ3v) is 3.32. The number of benzene rings is 1. The van der Waals surface area contributed by atoms with Crippen LogP contribution in [0.1, 0.15) is 0 Å². The van der Waals surface area contributed by atoms with E-state index in [0.29, 0.717) is 11.5 Å². The van der Waals surface area contributed by atoms with E-state index in [1.165, 1.54) is 0 Å². The average molecular weight is 300 g/mol. The van der Waals surface area contributed by atoms with E-state index in [0.717, 1.165) is 12.0 Å². The molecule has 0 saturated heterocycles. The van der Waals surface area contributed by atoms with Crippen LogP contribution in [0, 0.1) is 0 Å². The lowest BCUT2D eigenvalue weighted by Gasteiger charge is -2.03. The molecule has 2 rings (SSSR count). The maximum absolute atomic E-state index is 11.2. The molecule has 102 valence electrons. The van der Waals surface area contributed by atoms with Gasteiger partial charge in [-0.05, 0) is 30.5 Å². The summed E-state index contributed by atoms with van der Waals surface area (Å²) in [5.41, 5.74) is 0.638. The van der Waals surface area contributed by atoms with Crippen molar-refractivity contribution in [2.45, 2.75) is 5.22 Å². The van der Waals surface area contributed by atoms with Gasteiger partial charge in [-0.15, -0.1) is 16.9 Å². The molecule has 0 bridgehead atoms. The lowest BCUT2D eigenvalue weighted by atomic mass is 10.2. The zero-order valence-corrected chi connectivity index (χ0v) is 12.0. The van der Waals surface area contributed by atoms with Gasteiger partial charge in [-0.3, -0.25) is 0 Å². The number of nitrogens with zero attached hydrogens (tertiary/aromatic N) is 2. The molecule has 0 atom stereocenters. The first-order valence-electron chi connectivity index (χ1n) is 5.26. The number of thioether (sulfide) groups is 1. The van der Waals surface area contributed by atoms with Gasteiger partial charge in [0.25, 0.3) is 0 Å². The van der Waals surface area contributed by atoms with E-state index in [-0.39, 0.29) is 11.1 Å². The molecular weight excluding hydrogens is 288 g/mol. The topological polar surface area (TPSA) is 82.3 Å². The standard InChI is InChI=1S/C11H12N2O4S2/c1-18-7-16-9-5-3-8(4-6-9)10-12-13-11(17-10)19(2,14)15/h3-6H,7H2,1-2H3. The molecule has 1 aromatic heterocycles. The maximum atomic E-state index is 11.2. The summed E-state index contributed by atoms with van der Waals surface area (Å²) in [7, 11) is -3.48. The van der Waals surface area contributed by atoms with Gasteiger partial charge in [0.2, 0.25) is 15.7 Å². The van der Waals surface area contributed by atoms with Crippen molar-refractivity contribution in [2.75, 3.05) is 18.5 Å². The Morgan fingerprint density at radius 1 is 1.26 bits per heavy atom. The molecule has 0 N–H and O–H groups in total. The minimum Gasteiger partial charge on any atom is -0.483 e. The van der Waals surface area contributed by atoms with Crippen LogP contribution in [0.3, 0.4) is 0 Å². The smallest absolute Gasteiger partial charge is 0.335 e. The Morgan fingerprint density at radius 3 is 2.47 bits per heavy atom. The van der Waals surface area contributed by atoms with Gasteiger partial charge in [-0.1, -0.05) is 5.10 Å². The second-order valence-corrected chi connectivity index (χ2v) is 6.43. The maximum Gasteiger partial charge on any atom is 0.335 e. The van der Waals surface area contributed by atoms with Gasteiger partial charge in [0.05, 0.1) is 0 Å². The zero-order valence-electron chi connectivity index (χ0n) is 10.4. The number of rotatable bonds is 5. The van der Waals surface area contributed by atoms with Crippen LogP contribution >= 0.6 is 11.8 Å². The molecule has 6 nitrogen and oxygen atoms in total. The van der Waals surface area contributed by atoms with Gasteiger partial charge >= 0.3 is 5.22 Å². The van der Waals surface area contributed by atoms with Crippen LogP contribution in [0.15, 0.2) is 33.9 Å². The van der Waals surface area contributed by atoms with Crippen LogP contribution in [0.5, 0.6) is 5.75 Å². The first-order chi connectivity index (χ1) is 9.00. The first-order valence-corrected chi connectivity index (χ1v) is 8.55. The minimum atomic E-state index is -3.48. The predicted molar refractivity (Wildman–Crippen MR) is 71.9 cm³/mol. The summed E-state index contributed by atoms with van der Waals surface area (Å²) in [4.78, 5) is 0. The lowest BCUT2D eigenvalue weighted by Crippen LogP contribution is -1.96. The third-order valence-electron chi connectivity index (χ3n) is 2.17. The fourth-order valence-electron chi connectivity index (χ4n) is 1.30. The summed E-state index contributed by atoms with van der Waals surface area (Å²) in [6.45, 7) is 0. The highest BCUT2D eigenvalue weighted by molar-refractivity contribution is 7.98. The molecule has 1 heterocycles. The molecule has 0 aliphatic rings. The first kappa shape index (κ1) is 13.9. The number of hydrogen-bond donors (Lipinski definition) is 0. The van der Waals surface area contributed by atoms with Crippen molar-refractivity contribution in [3.05, 3.63) is 24.3 Å². The molecular formula is C11H12N2O4S2. The van der Waals surface area contributed by atoms with Gasteiger partial charge in [0.1, 0.15) is 11.7 Å². The normalized spacial score (nSPS) is 11.5. The molecule has 0 amide bonds. The molecule has 0 aliphatic carbocycles. The SMILES string of the molecule is CSCOc1ccc(-c2nnc(S(C)(=O)=O)o2)cc1.